The van der Waals surface area contributed by atoms with E-state index in [1.54, 1.807) is 19.2 Å². The molecule has 1 amide bonds. The molecule has 0 fully saturated rings. The van der Waals surface area contributed by atoms with Crippen LogP contribution in [0.5, 0.6) is 0 Å². The summed E-state index contributed by atoms with van der Waals surface area (Å²) in [6.45, 7) is 2.58. The molecule has 0 spiro atoms. The number of nitrogens with zero attached hydrogens (tertiary/aromatic N) is 2. The fourth-order valence-electron chi connectivity index (χ4n) is 1.42. The molecule has 0 saturated heterocycles. The van der Waals surface area contributed by atoms with Gasteiger partial charge >= 0.3 is 29.6 Å². The van der Waals surface area contributed by atoms with Gasteiger partial charge in [0.05, 0.1) is 16.9 Å². The topological polar surface area (TPSA) is 96.3 Å². The number of anilines is 2. The molecule has 1 aromatic carbocycles. The van der Waals surface area contributed by atoms with E-state index < -0.39 is 11.9 Å². The van der Waals surface area contributed by atoms with Gasteiger partial charge in [-0.05, 0) is 19.1 Å². The minimum absolute atomic E-state index is 0. The Morgan fingerprint density at radius 3 is 2.58 bits per heavy atom. The first-order chi connectivity index (χ1) is 8.51. The molecule has 0 bridgehead atoms. The summed E-state index contributed by atoms with van der Waals surface area (Å²) < 4.78 is 0. The standard InChI is InChI=1S/C12H13N3O3.Na/c1-3-15(2)10-6-4-5-9(8(10)7-13)14-11(16)12(17)18;/h4-6H,3H2,1-2H3,(H,14,16)(H,17,18);/q;+1/p-1. The number of carboxylic acids is 1. The van der Waals surface area contributed by atoms with Gasteiger partial charge in [-0.25, -0.2) is 0 Å². The van der Waals surface area contributed by atoms with Gasteiger partial charge in [-0.15, -0.1) is 0 Å². The monoisotopic (exact) mass is 269 g/mol. The van der Waals surface area contributed by atoms with Crippen molar-refractivity contribution < 1.29 is 44.3 Å². The van der Waals surface area contributed by atoms with E-state index in [1.165, 1.54) is 6.07 Å². The zero-order valence-corrected chi connectivity index (χ0v) is 13.1. The van der Waals surface area contributed by atoms with Gasteiger partial charge in [0.1, 0.15) is 12.0 Å². The number of nitriles is 1. The fraction of sp³-hybridized carbons (Fsp3) is 0.250. The molecule has 94 valence electrons. The van der Waals surface area contributed by atoms with Crippen LogP contribution in [0.3, 0.4) is 0 Å². The molecule has 1 rings (SSSR count). The van der Waals surface area contributed by atoms with Crippen LogP contribution in [0.4, 0.5) is 11.4 Å². The van der Waals surface area contributed by atoms with E-state index in [9.17, 15) is 14.7 Å². The summed E-state index contributed by atoms with van der Waals surface area (Å²) in [5.74, 6) is -3.11. The average molecular weight is 269 g/mol. The van der Waals surface area contributed by atoms with Gasteiger partial charge in [0.25, 0.3) is 5.91 Å². The van der Waals surface area contributed by atoms with Crippen molar-refractivity contribution in [3.63, 3.8) is 0 Å². The van der Waals surface area contributed by atoms with Crippen molar-refractivity contribution in [2.45, 2.75) is 6.92 Å². The Labute approximate surface area is 133 Å². The summed E-state index contributed by atoms with van der Waals surface area (Å²) >= 11 is 0. The summed E-state index contributed by atoms with van der Waals surface area (Å²) in [4.78, 5) is 23.2. The summed E-state index contributed by atoms with van der Waals surface area (Å²) in [5, 5.41) is 21.6. The maximum absolute atomic E-state index is 11.0. The Hall–Kier alpha value is -1.55. The number of rotatable bonds is 3. The molecule has 1 aromatic rings. The first-order valence-electron chi connectivity index (χ1n) is 5.27. The Morgan fingerprint density at radius 1 is 1.47 bits per heavy atom. The number of hydrogen-bond donors (Lipinski definition) is 1. The summed E-state index contributed by atoms with van der Waals surface area (Å²) in [6, 6.07) is 6.77. The third-order valence-electron chi connectivity index (χ3n) is 2.47. The first kappa shape index (κ1) is 17.4. The molecule has 0 aliphatic carbocycles. The van der Waals surface area contributed by atoms with Crippen LogP contribution >= 0.6 is 0 Å². The maximum Gasteiger partial charge on any atom is 1.00 e. The van der Waals surface area contributed by atoms with Crippen LogP contribution in [0.25, 0.3) is 0 Å². The number of nitrogens with one attached hydrogen (secondary N) is 1. The Kier molecular flexibility index (Phi) is 7.16. The molecule has 0 atom stereocenters. The van der Waals surface area contributed by atoms with Gasteiger partial charge in [-0.2, -0.15) is 5.26 Å². The second kappa shape index (κ2) is 7.79. The molecular weight excluding hydrogens is 257 g/mol. The number of carbonyl (C=O) groups is 2. The molecule has 1 N–H and O–H groups in total. The van der Waals surface area contributed by atoms with Gasteiger partial charge in [0, 0.05) is 13.6 Å². The van der Waals surface area contributed by atoms with Crippen molar-refractivity contribution in [2.75, 3.05) is 23.8 Å². The number of benzene rings is 1. The van der Waals surface area contributed by atoms with Crippen LogP contribution < -0.4 is 44.9 Å². The van der Waals surface area contributed by atoms with Gasteiger partial charge in [0.2, 0.25) is 0 Å². The quantitative estimate of drug-likeness (QED) is 0.458. The SMILES string of the molecule is CCN(C)c1cccc(NC(=O)C(=O)[O-])c1C#N.[Na+]. The maximum atomic E-state index is 11.0. The van der Waals surface area contributed by atoms with E-state index in [1.807, 2.05) is 17.9 Å². The minimum atomic E-state index is -1.84. The van der Waals surface area contributed by atoms with Crippen LogP contribution in [-0.4, -0.2) is 25.5 Å². The summed E-state index contributed by atoms with van der Waals surface area (Å²) in [7, 11) is 1.79. The van der Waals surface area contributed by atoms with Gasteiger partial charge in [-0.1, -0.05) is 6.07 Å². The van der Waals surface area contributed by atoms with Gasteiger partial charge in [-0.3, -0.25) is 4.79 Å². The van der Waals surface area contributed by atoms with Crippen molar-refractivity contribution in [2.24, 2.45) is 0 Å². The summed E-state index contributed by atoms with van der Waals surface area (Å²) in [6.07, 6.45) is 0. The van der Waals surface area contributed by atoms with Crippen molar-refractivity contribution in [1.82, 2.24) is 0 Å². The number of carbonyl (C=O) groups excluding carboxylic acids is 2. The van der Waals surface area contributed by atoms with Crippen molar-refractivity contribution in [1.29, 1.82) is 5.26 Å². The molecule has 19 heavy (non-hydrogen) atoms. The van der Waals surface area contributed by atoms with E-state index in [2.05, 4.69) is 5.32 Å². The molecular formula is C12H12N3NaO3. The van der Waals surface area contributed by atoms with E-state index in [4.69, 9.17) is 5.26 Å². The third-order valence-corrected chi connectivity index (χ3v) is 2.47. The molecule has 0 radical (unpaired) electrons. The smallest absolute Gasteiger partial charge is 0.540 e. The van der Waals surface area contributed by atoms with E-state index in [-0.39, 0.29) is 40.8 Å². The van der Waals surface area contributed by atoms with E-state index >= 15 is 0 Å². The minimum Gasteiger partial charge on any atom is -0.540 e. The Morgan fingerprint density at radius 2 is 2.11 bits per heavy atom. The van der Waals surface area contributed by atoms with E-state index in [0.717, 1.165) is 0 Å². The average Bonchev–Trinajstić information content (AvgIpc) is 2.37. The molecule has 0 aromatic heterocycles. The predicted molar refractivity (Wildman–Crippen MR) is 63.7 cm³/mol. The fourth-order valence-corrected chi connectivity index (χ4v) is 1.42. The molecule has 0 aliphatic heterocycles. The molecule has 0 unspecified atom stereocenters. The predicted octanol–water partition coefficient (Wildman–Crippen LogP) is -3.29. The number of hydrogen-bond acceptors (Lipinski definition) is 5. The van der Waals surface area contributed by atoms with Crippen LogP contribution in [0.2, 0.25) is 0 Å². The molecule has 0 saturated carbocycles. The van der Waals surface area contributed by atoms with Crippen molar-refractivity contribution in [3.8, 4) is 6.07 Å². The van der Waals surface area contributed by atoms with Crippen LogP contribution in [-0.2, 0) is 9.59 Å². The van der Waals surface area contributed by atoms with E-state index in [0.29, 0.717) is 12.2 Å². The van der Waals surface area contributed by atoms with Crippen LogP contribution in [0, 0.1) is 11.3 Å². The Balaban J connectivity index is 0.00000324. The molecule has 0 aliphatic rings. The van der Waals surface area contributed by atoms with Crippen LogP contribution in [0.15, 0.2) is 18.2 Å². The molecule has 6 nitrogen and oxygen atoms in total. The van der Waals surface area contributed by atoms with Crippen LogP contribution in [0.1, 0.15) is 12.5 Å². The number of amides is 1. The van der Waals surface area contributed by atoms with Crippen molar-refractivity contribution in [3.05, 3.63) is 23.8 Å². The van der Waals surface area contributed by atoms with Gasteiger partial charge < -0.3 is 20.1 Å². The second-order valence-electron chi connectivity index (χ2n) is 3.57. The van der Waals surface area contributed by atoms with Gasteiger partial charge in [0.15, 0.2) is 0 Å². The second-order valence-corrected chi connectivity index (χ2v) is 3.57. The first-order valence-corrected chi connectivity index (χ1v) is 5.27. The zero-order valence-electron chi connectivity index (χ0n) is 11.1. The normalized spacial score (nSPS) is 8.89. The summed E-state index contributed by atoms with van der Waals surface area (Å²) in [5.41, 5.74) is 0.997. The zero-order chi connectivity index (χ0) is 13.7. The Bertz CT molecular complexity index is 525. The number of carboxylic acid groups (broad SMARTS) is 1. The largest absolute Gasteiger partial charge is 1.00 e. The molecule has 0 heterocycles. The molecule has 7 heteroatoms. The third kappa shape index (κ3) is 4.24. The number of aliphatic carboxylic acids is 1. The van der Waals surface area contributed by atoms with Crippen molar-refractivity contribution >= 4 is 23.3 Å².